The number of methoxy groups -OCH3 is 2. The van der Waals surface area contributed by atoms with Gasteiger partial charge < -0.3 is 23.8 Å². The van der Waals surface area contributed by atoms with Crippen LogP contribution in [0.2, 0.25) is 0 Å². The topological polar surface area (TPSA) is 64.0 Å². The van der Waals surface area contributed by atoms with Gasteiger partial charge >= 0.3 is 0 Å². The number of hydrogen-bond donors (Lipinski definition) is 0. The number of aryl methyl sites for hydroxylation is 1. The number of carbonyl (C=O) groups is 2. The Labute approximate surface area is 198 Å². The van der Waals surface area contributed by atoms with Crippen molar-refractivity contribution in [2.75, 3.05) is 33.9 Å². The van der Waals surface area contributed by atoms with Gasteiger partial charge in [0.1, 0.15) is 5.69 Å². The molecule has 1 fully saturated rings. The summed E-state index contributed by atoms with van der Waals surface area (Å²) in [5.41, 5.74) is 2.98. The third-order valence-electron chi connectivity index (χ3n) is 6.52. The summed E-state index contributed by atoms with van der Waals surface area (Å²) < 4.78 is 13.9. The van der Waals surface area contributed by atoms with Crippen LogP contribution >= 0.6 is 11.3 Å². The van der Waals surface area contributed by atoms with E-state index in [1.165, 1.54) is 0 Å². The Bertz CT molecular complexity index is 1110. The third kappa shape index (κ3) is 4.71. The highest BCUT2D eigenvalue weighted by Gasteiger charge is 2.28. The number of rotatable bonds is 9. The van der Waals surface area contributed by atoms with Crippen LogP contribution in [0.25, 0.3) is 10.2 Å². The molecule has 8 heteroatoms. The van der Waals surface area contributed by atoms with Gasteiger partial charge in [0.15, 0.2) is 11.5 Å². The van der Waals surface area contributed by atoms with Gasteiger partial charge in [0.2, 0.25) is 6.41 Å². The lowest BCUT2D eigenvalue weighted by molar-refractivity contribution is -0.120. The van der Waals surface area contributed by atoms with Crippen LogP contribution in [0.15, 0.2) is 35.7 Å². The molecule has 2 amide bonds. The maximum absolute atomic E-state index is 13.2. The van der Waals surface area contributed by atoms with Gasteiger partial charge in [0.05, 0.1) is 24.4 Å². The number of hydrogen-bond acceptors (Lipinski definition) is 5. The molecule has 0 saturated carbocycles. The fourth-order valence-corrected chi connectivity index (χ4v) is 5.50. The first kappa shape index (κ1) is 23.2. The standard InChI is InChI=1S/C25H31N3O4S/c1-4-28-20-10-14-33-24(20)16-21(28)25(30)26-12-8-19(9-13-26)27(17-29)11-7-18-5-6-22(31-2)23(15-18)32-3/h5-6,10,14-17,19H,4,7-9,11-13H2,1-3H3. The van der Waals surface area contributed by atoms with E-state index in [2.05, 4.69) is 22.9 Å². The van der Waals surface area contributed by atoms with Crippen molar-refractivity contribution in [3.05, 3.63) is 47.0 Å². The van der Waals surface area contributed by atoms with Crippen molar-refractivity contribution in [1.82, 2.24) is 14.4 Å². The quantitative estimate of drug-likeness (QED) is 0.444. The molecule has 0 radical (unpaired) electrons. The summed E-state index contributed by atoms with van der Waals surface area (Å²) in [7, 11) is 3.24. The van der Waals surface area contributed by atoms with E-state index in [0.29, 0.717) is 31.1 Å². The highest BCUT2D eigenvalue weighted by atomic mass is 32.1. The number of likely N-dealkylation sites (tertiary alicyclic amines) is 1. The average molecular weight is 470 g/mol. The first-order chi connectivity index (χ1) is 16.1. The summed E-state index contributed by atoms with van der Waals surface area (Å²) in [4.78, 5) is 28.9. The van der Waals surface area contributed by atoms with Crippen molar-refractivity contribution in [2.24, 2.45) is 0 Å². The molecule has 1 saturated heterocycles. The maximum atomic E-state index is 13.2. The molecule has 0 bridgehead atoms. The fourth-order valence-electron chi connectivity index (χ4n) is 4.67. The Morgan fingerprint density at radius 1 is 1.15 bits per heavy atom. The molecule has 0 spiro atoms. The van der Waals surface area contributed by atoms with E-state index in [0.717, 1.165) is 53.7 Å². The molecule has 0 N–H and O–H groups in total. The molecule has 3 heterocycles. The van der Waals surface area contributed by atoms with Gasteiger partial charge in [-0.05, 0) is 61.4 Å². The zero-order chi connectivity index (χ0) is 23.4. The Morgan fingerprint density at radius 3 is 2.58 bits per heavy atom. The fraction of sp³-hybridized carbons (Fsp3) is 0.440. The second-order valence-corrected chi connectivity index (χ2v) is 9.20. The molecule has 33 heavy (non-hydrogen) atoms. The minimum atomic E-state index is 0.0849. The van der Waals surface area contributed by atoms with Gasteiger partial charge in [0, 0.05) is 32.2 Å². The molecule has 1 aliphatic rings. The maximum Gasteiger partial charge on any atom is 0.270 e. The number of amides is 2. The lowest BCUT2D eigenvalue weighted by atomic mass is 10.0. The summed E-state index contributed by atoms with van der Waals surface area (Å²) in [6, 6.07) is 10.1. The second-order valence-electron chi connectivity index (χ2n) is 8.25. The zero-order valence-electron chi connectivity index (χ0n) is 19.5. The summed E-state index contributed by atoms with van der Waals surface area (Å²) in [5, 5.41) is 2.06. The number of aromatic nitrogens is 1. The predicted octanol–water partition coefficient (Wildman–Crippen LogP) is 4.05. The lowest BCUT2D eigenvalue weighted by Gasteiger charge is -2.37. The van der Waals surface area contributed by atoms with Gasteiger partial charge in [-0.2, -0.15) is 0 Å². The van der Waals surface area contributed by atoms with Crippen LogP contribution in [0.5, 0.6) is 11.5 Å². The molecule has 176 valence electrons. The van der Waals surface area contributed by atoms with Crippen LogP contribution in [0.4, 0.5) is 0 Å². The normalized spacial score (nSPS) is 14.5. The highest BCUT2D eigenvalue weighted by Crippen LogP contribution is 2.29. The van der Waals surface area contributed by atoms with Crippen LogP contribution < -0.4 is 9.47 Å². The number of thiophene rings is 1. The van der Waals surface area contributed by atoms with Crippen molar-refractivity contribution >= 4 is 33.9 Å². The smallest absolute Gasteiger partial charge is 0.270 e. The number of fused-ring (bicyclic) bond motifs is 1. The molecule has 0 unspecified atom stereocenters. The second kappa shape index (κ2) is 10.3. The molecular weight excluding hydrogens is 438 g/mol. The van der Waals surface area contributed by atoms with Crippen LogP contribution in [-0.4, -0.2) is 66.6 Å². The van der Waals surface area contributed by atoms with Gasteiger partial charge in [0.25, 0.3) is 5.91 Å². The van der Waals surface area contributed by atoms with Crippen molar-refractivity contribution < 1.29 is 19.1 Å². The molecular formula is C25H31N3O4S. The van der Waals surface area contributed by atoms with E-state index in [1.807, 2.05) is 34.1 Å². The first-order valence-corrected chi connectivity index (χ1v) is 12.3. The van der Waals surface area contributed by atoms with Crippen molar-refractivity contribution in [2.45, 2.75) is 38.8 Å². The van der Waals surface area contributed by atoms with Gasteiger partial charge in [-0.3, -0.25) is 9.59 Å². The van der Waals surface area contributed by atoms with Crippen molar-refractivity contribution in [1.29, 1.82) is 0 Å². The predicted molar refractivity (Wildman–Crippen MR) is 130 cm³/mol. The van der Waals surface area contributed by atoms with E-state index in [1.54, 1.807) is 25.6 Å². The van der Waals surface area contributed by atoms with E-state index < -0.39 is 0 Å². The Kier molecular flexibility index (Phi) is 7.23. The van der Waals surface area contributed by atoms with E-state index in [-0.39, 0.29) is 11.9 Å². The number of benzene rings is 1. The third-order valence-corrected chi connectivity index (χ3v) is 7.37. The average Bonchev–Trinajstić information content (AvgIpc) is 3.45. The van der Waals surface area contributed by atoms with Crippen molar-refractivity contribution in [3.63, 3.8) is 0 Å². The van der Waals surface area contributed by atoms with Crippen LogP contribution in [0.1, 0.15) is 35.8 Å². The molecule has 4 rings (SSSR count). The van der Waals surface area contributed by atoms with E-state index in [4.69, 9.17) is 9.47 Å². The Balaban J connectivity index is 1.35. The first-order valence-electron chi connectivity index (χ1n) is 11.4. The SMILES string of the molecule is CCn1c(C(=O)N2CCC(N(C=O)CCc3ccc(OC)c(OC)c3)CC2)cc2sccc21. The monoisotopic (exact) mass is 469 g/mol. The van der Waals surface area contributed by atoms with Gasteiger partial charge in [-0.15, -0.1) is 11.3 Å². The molecule has 2 aromatic heterocycles. The Morgan fingerprint density at radius 2 is 1.91 bits per heavy atom. The number of nitrogens with zero attached hydrogens (tertiary/aromatic N) is 3. The highest BCUT2D eigenvalue weighted by molar-refractivity contribution is 7.17. The molecule has 1 aromatic carbocycles. The van der Waals surface area contributed by atoms with Gasteiger partial charge in [-0.1, -0.05) is 6.07 Å². The molecule has 7 nitrogen and oxygen atoms in total. The molecule has 0 aliphatic carbocycles. The van der Waals surface area contributed by atoms with E-state index in [9.17, 15) is 9.59 Å². The summed E-state index contributed by atoms with van der Waals surface area (Å²) in [5.74, 6) is 1.47. The van der Waals surface area contributed by atoms with Crippen LogP contribution in [0, 0.1) is 0 Å². The Hall–Kier alpha value is -3.00. The molecule has 1 aliphatic heterocycles. The van der Waals surface area contributed by atoms with Crippen molar-refractivity contribution in [3.8, 4) is 11.5 Å². The summed E-state index contributed by atoms with van der Waals surface area (Å²) in [6.45, 7) is 4.79. The minimum absolute atomic E-state index is 0.0849. The number of carbonyl (C=O) groups excluding carboxylic acids is 2. The molecule has 3 aromatic rings. The van der Waals surface area contributed by atoms with Gasteiger partial charge in [-0.25, -0.2) is 0 Å². The zero-order valence-corrected chi connectivity index (χ0v) is 20.3. The summed E-state index contributed by atoms with van der Waals surface area (Å²) >= 11 is 1.66. The lowest BCUT2D eigenvalue weighted by Crippen LogP contribution is -2.47. The molecule has 0 atom stereocenters. The number of piperidine rings is 1. The van der Waals surface area contributed by atoms with Crippen LogP contribution in [0.3, 0.4) is 0 Å². The summed E-state index contributed by atoms with van der Waals surface area (Å²) in [6.07, 6.45) is 3.26. The largest absolute Gasteiger partial charge is 0.493 e. The van der Waals surface area contributed by atoms with E-state index >= 15 is 0 Å². The minimum Gasteiger partial charge on any atom is -0.493 e. The number of ether oxygens (including phenoxy) is 2. The van der Waals surface area contributed by atoms with Crippen LogP contribution in [-0.2, 0) is 17.8 Å².